The van der Waals surface area contributed by atoms with E-state index < -0.39 is 10.8 Å². The molecule has 3 aliphatic carbocycles. The van der Waals surface area contributed by atoms with E-state index in [1.54, 1.807) is 0 Å². The fraction of sp³-hybridized carbons (Fsp3) is 0.0312. The van der Waals surface area contributed by atoms with E-state index in [0.29, 0.717) is 0 Å². The molecule has 4 heteroatoms. The van der Waals surface area contributed by atoms with Crippen LogP contribution in [0.1, 0.15) is 45.0 Å². The molecular formula is C64H42N4. The first-order valence-corrected chi connectivity index (χ1v) is 23.2. The summed E-state index contributed by atoms with van der Waals surface area (Å²) in [6.07, 6.45) is 0. The number of benzene rings is 9. The van der Waals surface area contributed by atoms with Gasteiger partial charge in [-0.25, -0.2) is 19.9 Å². The molecule has 2 aromatic heterocycles. The van der Waals surface area contributed by atoms with Gasteiger partial charge in [0.1, 0.15) is 22.5 Å². The minimum Gasteiger partial charge on any atom is -0.231 e. The van der Waals surface area contributed by atoms with Crippen LogP contribution < -0.4 is 0 Å². The van der Waals surface area contributed by atoms with Crippen LogP contribution in [-0.2, 0) is 10.8 Å². The average molecular weight is 867 g/mol. The van der Waals surface area contributed by atoms with Crippen LogP contribution in [0, 0.1) is 0 Å². The van der Waals surface area contributed by atoms with Gasteiger partial charge < -0.3 is 0 Å². The third-order valence-corrected chi connectivity index (χ3v) is 14.0. The van der Waals surface area contributed by atoms with Crippen LogP contribution in [0.2, 0.25) is 0 Å². The second kappa shape index (κ2) is 15.9. The Morgan fingerprint density at radius 2 is 0.382 bits per heavy atom. The van der Waals surface area contributed by atoms with E-state index in [2.05, 4.69) is 255 Å². The molecular weight excluding hydrogens is 825 g/mol. The Morgan fingerprint density at radius 3 is 0.647 bits per heavy atom. The van der Waals surface area contributed by atoms with Crippen molar-refractivity contribution in [2.45, 2.75) is 10.8 Å². The molecule has 0 saturated heterocycles. The molecule has 11 aromatic rings. The number of aromatic nitrogens is 4. The van der Waals surface area contributed by atoms with Crippen molar-refractivity contribution in [3.63, 3.8) is 0 Å². The Kier molecular flexibility index (Phi) is 9.26. The fourth-order valence-electron chi connectivity index (χ4n) is 11.0. The Labute approximate surface area is 396 Å². The van der Waals surface area contributed by atoms with Crippen LogP contribution in [0.25, 0.3) is 67.3 Å². The van der Waals surface area contributed by atoms with Gasteiger partial charge in [0.25, 0.3) is 0 Å². The maximum absolute atomic E-state index is 5.71. The van der Waals surface area contributed by atoms with Crippen molar-refractivity contribution < 1.29 is 0 Å². The van der Waals surface area contributed by atoms with Crippen LogP contribution in [-0.4, -0.2) is 19.9 Å². The molecule has 0 unspecified atom stereocenters. The van der Waals surface area contributed by atoms with Gasteiger partial charge in [0, 0.05) is 22.3 Å². The lowest BCUT2D eigenvalue weighted by molar-refractivity contribution is 0.519. The minimum absolute atomic E-state index is 0.722. The van der Waals surface area contributed by atoms with Gasteiger partial charge in [-0.05, 0) is 67.8 Å². The molecule has 2 heterocycles. The summed E-state index contributed by atoms with van der Waals surface area (Å²) in [4.78, 5) is 22.8. The van der Waals surface area contributed by atoms with Crippen LogP contribution in [0.3, 0.4) is 0 Å². The summed E-state index contributed by atoms with van der Waals surface area (Å²) >= 11 is 0. The topological polar surface area (TPSA) is 51.6 Å². The molecule has 68 heavy (non-hydrogen) atoms. The monoisotopic (exact) mass is 866 g/mol. The zero-order valence-corrected chi connectivity index (χ0v) is 37.0. The highest BCUT2D eigenvalue weighted by atomic mass is 15.0. The quantitative estimate of drug-likeness (QED) is 0.153. The third-order valence-electron chi connectivity index (χ3n) is 14.0. The van der Waals surface area contributed by atoms with Gasteiger partial charge in [-0.3, -0.25) is 0 Å². The van der Waals surface area contributed by atoms with Crippen molar-refractivity contribution in [3.05, 3.63) is 300 Å². The Hall–Kier alpha value is -8.86. The first-order valence-electron chi connectivity index (χ1n) is 23.2. The molecule has 0 N–H and O–H groups in total. The summed E-state index contributed by atoms with van der Waals surface area (Å²) in [6, 6.07) is 90.5. The number of nitrogens with zero attached hydrogens (tertiary/aromatic N) is 4. The predicted octanol–water partition coefficient (Wildman–Crippen LogP) is 14.7. The molecule has 0 spiro atoms. The van der Waals surface area contributed by atoms with Crippen LogP contribution in [0.4, 0.5) is 0 Å². The highest BCUT2D eigenvalue weighted by Gasteiger charge is 2.62. The summed E-state index contributed by atoms with van der Waals surface area (Å²) < 4.78 is 0. The van der Waals surface area contributed by atoms with Crippen molar-refractivity contribution in [2.75, 3.05) is 0 Å². The maximum Gasteiger partial charge on any atom is 0.149 e. The lowest BCUT2D eigenvalue weighted by Crippen LogP contribution is -2.53. The number of hydrogen-bond donors (Lipinski definition) is 0. The summed E-state index contributed by atoms with van der Waals surface area (Å²) in [6.45, 7) is 0. The van der Waals surface area contributed by atoms with Crippen LogP contribution >= 0.6 is 0 Å². The van der Waals surface area contributed by atoms with Crippen LogP contribution in [0.5, 0.6) is 0 Å². The van der Waals surface area contributed by atoms with Gasteiger partial charge in [0.2, 0.25) is 0 Å². The molecule has 0 saturated carbocycles. The third kappa shape index (κ3) is 6.08. The molecule has 0 radical (unpaired) electrons. The van der Waals surface area contributed by atoms with E-state index in [-0.39, 0.29) is 0 Å². The first-order chi connectivity index (χ1) is 33.7. The van der Waals surface area contributed by atoms with Crippen molar-refractivity contribution in [2.24, 2.45) is 0 Å². The van der Waals surface area contributed by atoms with Gasteiger partial charge in [0.15, 0.2) is 0 Å². The standard InChI is InChI=1S/C64H42N4/c1-5-19-43(20-6-1)45-33-37-49(38-34-45)59-41-57(47-23-9-3-10-24-47)65-61(67-59)63-51-27-13-16-30-54(51)64(55-31-17-14-28-52(55)63,56-32-18-15-29-53(56)63)62-66-58(48-25-11-4-12-26-48)42-60(68-62)50-39-35-46(36-40-50)44-21-7-2-8-22-44/h1-42H. The van der Waals surface area contributed by atoms with Crippen molar-refractivity contribution >= 4 is 0 Å². The molecule has 14 rings (SSSR count). The Bertz CT molecular complexity index is 3280. The van der Waals surface area contributed by atoms with E-state index in [0.717, 1.165) is 101 Å². The SMILES string of the molecule is c1ccc(-c2ccc(-c3cc(-c4ccccc4)nc(C45c6ccccc6C(c6nc(-c7ccccc7)cc(-c7ccc(-c8ccccc8)cc7)n6)(c6ccccc64)c4ccccc45)n3)cc2)cc1. The van der Waals surface area contributed by atoms with E-state index in [1.165, 1.54) is 11.1 Å². The van der Waals surface area contributed by atoms with E-state index in [1.807, 2.05) is 0 Å². The largest absolute Gasteiger partial charge is 0.231 e. The van der Waals surface area contributed by atoms with Gasteiger partial charge in [-0.2, -0.15) is 0 Å². The Morgan fingerprint density at radius 1 is 0.191 bits per heavy atom. The molecule has 0 amide bonds. The zero-order valence-electron chi connectivity index (χ0n) is 37.0. The second-order valence-electron chi connectivity index (χ2n) is 17.7. The van der Waals surface area contributed by atoms with Gasteiger partial charge in [-0.15, -0.1) is 0 Å². The van der Waals surface area contributed by atoms with Gasteiger partial charge >= 0.3 is 0 Å². The van der Waals surface area contributed by atoms with E-state index in [4.69, 9.17) is 19.9 Å². The summed E-state index contributed by atoms with van der Waals surface area (Å²) in [7, 11) is 0. The number of rotatable bonds is 8. The van der Waals surface area contributed by atoms with E-state index in [9.17, 15) is 0 Å². The summed E-state index contributed by atoms with van der Waals surface area (Å²) in [5.74, 6) is 1.44. The molecule has 318 valence electrons. The smallest absolute Gasteiger partial charge is 0.149 e. The van der Waals surface area contributed by atoms with Gasteiger partial charge in [0.05, 0.1) is 22.8 Å². The first kappa shape index (κ1) is 39.5. The van der Waals surface area contributed by atoms with Crippen molar-refractivity contribution in [1.29, 1.82) is 0 Å². The predicted molar refractivity (Wildman–Crippen MR) is 274 cm³/mol. The fourth-order valence-corrected chi connectivity index (χ4v) is 11.0. The van der Waals surface area contributed by atoms with E-state index >= 15 is 0 Å². The maximum atomic E-state index is 5.71. The zero-order chi connectivity index (χ0) is 45.1. The highest BCUT2D eigenvalue weighted by molar-refractivity contribution is 5.83. The molecule has 0 aliphatic heterocycles. The minimum atomic E-state index is -0.887. The molecule has 0 atom stereocenters. The molecule has 9 aromatic carbocycles. The molecule has 3 aliphatic rings. The average Bonchev–Trinajstić information content (AvgIpc) is 3.43. The molecule has 0 fully saturated rings. The van der Waals surface area contributed by atoms with Gasteiger partial charge in [-0.1, -0.05) is 243 Å². The highest BCUT2D eigenvalue weighted by Crippen LogP contribution is 2.65. The summed E-state index contributed by atoms with van der Waals surface area (Å²) in [5, 5.41) is 0. The number of hydrogen-bond acceptors (Lipinski definition) is 4. The molecule has 4 nitrogen and oxygen atoms in total. The van der Waals surface area contributed by atoms with Crippen molar-refractivity contribution in [3.8, 4) is 67.3 Å². The van der Waals surface area contributed by atoms with Crippen molar-refractivity contribution in [1.82, 2.24) is 19.9 Å². The molecule has 2 bridgehead atoms. The second-order valence-corrected chi connectivity index (χ2v) is 17.7. The normalized spacial score (nSPS) is 16.4. The lowest BCUT2D eigenvalue weighted by Gasteiger charge is -2.55. The lowest BCUT2D eigenvalue weighted by atomic mass is 9.46. The Balaban J connectivity index is 1.07. The summed E-state index contributed by atoms with van der Waals surface area (Å²) in [5.41, 5.74) is 17.2. The van der Waals surface area contributed by atoms with Crippen LogP contribution in [0.15, 0.2) is 255 Å².